The van der Waals surface area contributed by atoms with E-state index in [4.69, 9.17) is 28.4 Å². The molecular weight excluding hydrogens is 719 g/mol. The molecule has 54 heavy (non-hydrogen) atoms. The molecule has 0 saturated carbocycles. The van der Waals surface area contributed by atoms with Crippen LogP contribution in [0.5, 0.6) is 40.2 Å². The number of aliphatic hydroxyl groups excluding tert-OH is 1. The van der Waals surface area contributed by atoms with Gasteiger partial charge in [0, 0.05) is 60.0 Å². The second-order valence-corrected chi connectivity index (χ2v) is 16.3. The number of piperazine rings is 1. The van der Waals surface area contributed by atoms with Crippen molar-refractivity contribution < 1.29 is 53.3 Å². The van der Waals surface area contributed by atoms with Crippen molar-refractivity contribution in [2.45, 2.75) is 74.3 Å². The van der Waals surface area contributed by atoms with E-state index in [9.17, 15) is 24.9 Å². The number of fused-ring (bicyclic) bond motifs is 8. The number of aryl methyl sites for hydroxylation is 1. The summed E-state index contributed by atoms with van der Waals surface area (Å²) >= 11 is 1.48. The zero-order chi connectivity index (χ0) is 37.5. The number of hydrogen-bond acceptors (Lipinski definition) is 15. The third-order valence-corrected chi connectivity index (χ3v) is 14.2. The van der Waals surface area contributed by atoms with Gasteiger partial charge in [-0.05, 0) is 54.7 Å². The van der Waals surface area contributed by atoms with Crippen molar-refractivity contribution >= 4 is 23.7 Å². The van der Waals surface area contributed by atoms with Crippen LogP contribution in [0.2, 0.25) is 0 Å². The Balaban J connectivity index is 1.24. The Labute approximate surface area is 315 Å². The quantitative estimate of drug-likeness (QED) is 0.227. The molecule has 3 saturated heterocycles. The van der Waals surface area contributed by atoms with Gasteiger partial charge in [0.2, 0.25) is 6.79 Å². The van der Waals surface area contributed by atoms with E-state index in [1.54, 1.807) is 19.2 Å². The average Bonchev–Trinajstić information content (AvgIpc) is 3.63. The summed E-state index contributed by atoms with van der Waals surface area (Å²) in [5.41, 5.74) is 4.57. The fraction of sp³-hybridized carbons (Fsp3) is 0.487. The van der Waals surface area contributed by atoms with Crippen LogP contribution in [0.25, 0.3) is 0 Å². The molecule has 9 atom stereocenters. The van der Waals surface area contributed by atoms with Crippen LogP contribution in [-0.2, 0) is 26.3 Å². The first kappa shape index (κ1) is 34.1. The number of ether oxygens (including phenoxy) is 6. The molecule has 8 aliphatic heterocycles. The number of carbonyl (C=O) groups excluding carboxylic acids is 2. The third-order valence-electron chi connectivity index (χ3n) is 12.7. The molecule has 3 aromatic carbocycles. The number of aliphatic hydroxyl groups is 1. The first-order chi connectivity index (χ1) is 26.0. The van der Waals surface area contributed by atoms with Crippen LogP contribution in [0, 0.1) is 13.8 Å². The van der Waals surface area contributed by atoms with Gasteiger partial charge in [-0.2, -0.15) is 0 Å². The van der Waals surface area contributed by atoms with Crippen LogP contribution in [0.1, 0.15) is 74.7 Å². The molecule has 0 aliphatic carbocycles. The van der Waals surface area contributed by atoms with E-state index in [1.165, 1.54) is 25.8 Å². The summed E-state index contributed by atoms with van der Waals surface area (Å²) in [6.45, 7) is 6.01. The Hall–Kier alpha value is -4.41. The number of esters is 2. The molecule has 6 bridgehead atoms. The van der Waals surface area contributed by atoms with Gasteiger partial charge in [0.1, 0.15) is 18.6 Å². The van der Waals surface area contributed by atoms with Crippen LogP contribution in [0.15, 0.2) is 18.2 Å². The van der Waals surface area contributed by atoms with Gasteiger partial charge in [0.05, 0.1) is 37.6 Å². The van der Waals surface area contributed by atoms with E-state index in [1.807, 2.05) is 18.7 Å². The van der Waals surface area contributed by atoms with Crippen LogP contribution in [-0.4, -0.2) is 102 Å². The third kappa shape index (κ3) is 4.27. The molecule has 3 aromatic rings. The van der Waals surface area contributed by atoms with Crippen molar-refractivity contribution in [1.29, 1.82) is 0 Å². The fourth-order valence-corrected chi connectivity index (χ4v) is 12.3. The lowest BCUT2D eigenvalue weighted by Gasteiger charge is -2.69. The maximum atomic E-state index is 14.7. The maximum absolute atomic E-state index is 14.7. The molecule has 0 radical (unpaired) electrons. The summed E-state index contributed by atoms with van der Waals surface area (Å²) in [6.07, 6.45) is -0.423. The van der Waals surface area contributed by atoms with Gasteiger partial charge < -0.3 is 43.7 Å². The highest BCUT2D eigenvalue weighted by molar-refractivity contribution is 7.99. The van der Waals surface area contributed by atoms with Crippen molar-refractivity contribution in [3.05, 3.63) is 62.7 Å². The van der Waals surface area contributed by atoms with Crippen LogP contribution in [0.4, 0.5) is 0 Å². The zero-order valence-corrected chi connectivity index (χ0v) is 31.2. The first-order valence-corrected chi connectivity index (χ1v) is 19.3. The number of phenols is 2. The molecule has 3 fully saturated rings. The lowest BCUT2D eigenvalue weighted by Crippen LogP contribution is -2.77. The van der Waals surface area contributed by atoms with E-state index in [0.717, 1.165) is 22.3 Å². The predicted molar refractivity (Wildman–Crippen MR) is 193 cm³/mol. The maximum Gasteiger partial charge on any atom is 0.331 e. The minimum atomic E-state index is -1.35. The molecule has 4 N–H and O–H groups in total. The SMILES string of the molecule is COc1cc2c(cc1O)CCN[C@]21CS[C@@H]2c3c(OC(C)=O)c(C)c4c(c3[C@H](COC1=O)N1C2C2c3c(cc(C)c(OC)c3O)C3CN2C3[C@@H]1O)OCO4. The molecule has 8 heterocycles. The molecule has 284 valence electrons. The van der Waals surface area contributed by atoms with Crippen molar-refractivity contribution in [1.82, 2.24) is 15.1 Å². The Morgan fingerprint density at radius 3 is 2.57 bits per heavy atom. The van der Waals surface area contributed by atoms with Crippen molar-refractivity contribution in [3.63, 3.8) is 0 Å². The minimum Gasteiger partial charge on any atom is -0.504 e. The minimum absolute atomic E-state index is 0.0181. The Kier molecular flexibility index (Phi) is 7.45. The molecule has 0 amide bonds. The van der Waals surface area contributed by atoms with Crippen molar-refractivity contribution in [3.8, 4) is 40.2 Å². The lowest BCUT2D eigenvalue weighted by atomic mass is 9.64. The Morgan fingerprint density at radius 2 is 1.81 bits per heavy atom. The number of rotatable bonds is 3. The second kappa shape index (κ2) is 11.8. The number of thioether (sulfide) groups is 1. The summed E-state index contributed by atoms with van der Waals surface area (Å²) in [5.74, 6) is 1.02. The zero-order valence-electron chi connectivity index (χ0n) is 30.4. The van der Waals surface area contributed by atoms with Gasteiger partial charge in [-0.15, -0.1) is 11.8 Å². The summed E-state index contributed by atoms with van der Waals surface area (Å²) in [5, 5.41) is 38.3. The topological polar surface area (TPSA) is 169 Å². The predicted octanol–water partition coefficient (Wildman–Crippen LogP) is 3.34. The van der Waals surface area contributed by atoms with Crippen molar-refractivity contribution in [2.75, 3.05) is 46.5 Å². The van der Waals surface area contributed by atoms with E-state index in [-0.39, 0.29) is 48.4 Å². The normalized spacial score (nSPS) is 32.4. The van der Waals surface area contributed by atoms with Gasteiger partial charge in [-0.1, -0.05) is 6.07 Å². The number of hydrogen-bond donors (Lipinski definition) is 4. The average molecular weight is 760 g/mol. The van der Waals surface area contributed by atoms with E-state index < -0.39 is 47.1 Å². The Bertz CT molecular complexity index is 2180. The van der Waals surface area contributed by atoms with E-state index >= 15 is 0 Å². The highest BCUT2D eigenvalue weighted by atomic mass is 32.2. The van der Waals surface area contributed by atoms with Crippen LogP contribution in [0.3, 0.4) is 0 Å². The number of benzene rings is 3. The molecule has 5 unspecified atom stereocenters. The highest BCUT2D eigenvalue weighted by Crippen LogP contribution is 2.68. The lowest BCUT2D eigenvalue weighted by molar-refractivity contribution is -0.228. The summed E-state index contributed by atoms with van der Waals surface area (Å²) < 4.78 is 36.0. The summed E-state index contributed by atoms with van der Waals surface area (Å²) in [6, 6.07) is 3.42. The summed E-state index contributed by atoms with van der Waals surface area (Å²) in [7, 11) is 3.01. The monoisotopic (exact) mass is 759 g/mol. The molecule has 11 rings (SSSR count). The fourth-order valence-electron chi connectivity index (χ4n) is 10.6. The Morgan fingerprint density at radius 1 is 1.02 bits per heavy atom. The molecule has 15 heteroatoms. The molecular formula is C39H41N3O11S. The highest BCUT2D eigenvalue weighted by Gasteiger charge is 2.67. The van der Waals surface area contributed by atoms with Gasteiger partial charge in [0.25, 0.3) is 0 Å². The second-order valence-electron chi connectivity index (χ2n) is 15.2. The largest absolute Gasteiger partial charge is 0.504 e. The molecule has 14 nitrogen and oxygen atoms in total. The number of aromatic hydroxyl groups is 2. The standard InChI is InChI=1S/C39H41N3O11S/c1-15-8-19-20-11-41-28(20)37(46)42-22-12-50-38(47)39(21-10-24(48-4)23(44)9-18(21)6-7-40-39)13-54-36(30(42)29(41)25(19)31(45)32(15)49-5)27-26(22)35-34(51-14-52-35)16(2)33(27)53-17(3)43/h8-10,20,22,28-30,36-37,40,44-46H,6-7,11-14H2,1-5H3/t20?,22-,28?,29?,30?,36+,37-,39+/m0/s1. The van der Waals surface area contributed by atoms with Gasteiger partial charge in [-0.25, -0.2) is 4.79 Å². The van der Waals surface area contributed by atoms with Crippen LogP contribution < -0.4 is 29.0 Å². The number of nitrogens with zero attached hydrogens (tertiary/aromatic N) is 2. The molecule has 8 aliphatic rings. The number of phenolic OH excluding ortho intramolecular Hbond substituents is 2. The van der Waals surface area contributed by atoms with Crippen LogP contribution >= 0.6 is 11.8 Å². The number of nitrogens with one attached hydrogen (secondary N) is 1. The first-order valence-electron chi connectivity index (χ1n) is 18.2. The molecule has 0 aromatic heterocycles. The van der Waals surface area contributed by atoms with E-state index in [2.05, 4.69) is 16.3 Å². The smallest absolute Gasteiger partial charge is 0.331 e. The van der Waals surface area contributed by atoms with E-state index in [0.29, 0.717) is 64.8 Å². The van der Waals surface area contributed by atoms with Gasteiger partial charge in [-0.3, -0.25) is 19.9 Å². The van der Waals surface area contributed by atoms with Gasteiger partial charge >= 0.3 is 11.9 Å². The summed E-state index contributed by atoms with van der Waals surface area (Å²) in [4.78, 5) is 31.9. The van der Waals surface area contributed by atoms with Gasteiger partial charge in [0.15, 0.2) is 40.0 Å². The number of methoxy groups -OCH3 is 2. The molecule has 1 spiro atoms. The number of carbonyl (C=O) groups is 2. The van der Waals surface area contributed by atoms with Crippen molar-refractivity contribution in [2.24, 2.45) is 0 Å².